The molecule has 0 spiro atoms. The number of furan rings is 1. The number of aryl methyl sites for hydroxylation is 2. The fourth-order valence-electron chi connectivity index (χ4n) is 3.13. The van der Waals surface area contributed by atoms with Crippen LogP contribution in [0.3, 0.4) is 0 Å². The van der Waals surface area contributed by atoms with E-state index in [0.29, 0.717) is 6.54 Å². The topological polar surface area (TPSA) is 65.7 Å². The highest BCUT2D eigenvalue weighted by Gasteiger charge is 2.25. The predicted molar refractivity (Wildman–Crippen MR) is 102 cm³/mol. The van der Waals surface area contributed by atoms with Crippen LogP contribution in [0.2, 0.25) is 0 Å². The lowest BCUT2D eigenvalue weighted by Gasteiger charge is -2.26. The summed E-state index contributed by atoms with van der Waals surface area (Å²) in [6.45, 7) is 7.85. The summed E-state index contributed by atoms with van der Waals surface area (Å²) in [6.07, 6.45) is 4.26. The van der Waals surface area contributed by atoms with E-state index in [1.165, 1.54) is 17.7 Å². The quantitative estimate of drug-likeness (QED) is 0.612. The molecule has 1 aliphatic rings. The van der Waals surface area contributed by atoms with Gasteiger partial charge in [0.1, 0.15) is 10.8 Å². The Labute approximate surface area is 153 Å². The lowest BCUT2D eigenvalue weighted by Crippen LogP contribution is -2.42. The molecule has 2 aromatic heterocycles. The fraction of sp³-hybridized carbons (Fsp3) is 0.556. The van der Waals surface area contributed by atoms with E-state index in [2.05, 4.69) is 38.5 Å². The Morgan fingerprint density at radius 2 is 2.16 bits per heavy atom. The minimum absolute atomic E-state index is 0.236. The van der Waals surface area contributed by atoms with Crippen LogP contribution in [0, 0.1) is 13.8 Å². The molecule has 2 aromatic rings. The van der Waals surface area contributed by atoms with Crippen molar-refractivity contribution < 1.29 is 4.42 Å². The van der Waals surface area contributed by atoms with Crippen molar-refractivity contribution >= 4 is 17.3 Å². The maximum Gasteiger partial charge on any atom is 0.191 e. The summed E-state index contributed by atoms with van der Waals surface area (Å²) in [5.41, 5.74) is 1.11. The minimum Gasteiger partial charge on any atom is -0.468 e. The van der Waals surface area contributed by atoms with Gasteiger partial charge in [-0.25, -0.2) is 4.98 Å². The molecule has 0 aromatic carbocycles. The second-order valence-electron chi connectivity index (χ2n) is 6.33. The second kappa shape index (κ2) is 8.49. The number of guanidine groups is 1. The van der Waals surface area contributed by atoms with Crippen LogP contribution in [0.15, 0.2) is 27.8 Å². The van der Waals surface area contributed by atoms with Crippen molar-refractivity contribution in [2.75, 3.05) is 26.7 Å². The van der Waals surface area contributed by atoms with Gasteiger partial charge in [0.15, 0.2) is 5.96 Å². The van der Waals surface area contributed by atoms with Gasteiger partial charge in [-0.05, 0) is 51.9 Å². The number of hydrogen-bond acceptors (Lipinski definition) is 5. The Balaban J connectivity index is 1.56. The molecular formula is C18H27N5OS. The molecule has 0 radical (unpaired) electrons. The Hall–Kier alpha value is -1.86. The van der Waals surface area contributed by atoms with Crippen molar-refractivity contribution in [2.24, 2.45) is 4.99 Å². The zero-order valence-electron chi connectivity index (χ0n) is 15.2. The van der Waals surface area contributed by atoms with Gasteiger partial charge in [-0.1, -0.05) is 0 Å². The molecule has 0 bridgehead atoms. The van der Waals surface area contributed by atoms with Crippen LogP contribution >= 0.6 is 11.3 Å². The van der Waals surface area contributed by atoms with Gasteiger partial charge in [0, 0.05) is 18.5 Å². The molecule has 2 N–H and O–H groups in total. The molecule has 7 heteroatoms. The van der Waals surface area contributed by atoms with Gasteiger partial charge in [-0.3, -0.25) is 9.89 Å². The third kappa shape index (κ3) is 4.61. The normalized spacial score (nSPS) is 17.0. The number of rotatable bonds is 6. The molecule has 0 aliphatic carbocycles. The van der Waals surface area contributed by atoms with Gasteiger partial charge >= 0.3 is 0 Å². The minimum atomic E-state index is 0.236. The monoisotopic (exact) mass is 361 g/mol. The highest BCUT2D eigenvalue weighted by molar-refractivity contribution is 7.11. The van der Waals surface area contributed by atoms with Crippen LogP contribution in [0.25, 0.3) is 0 Å². The van der Waals surface area contributed by atoms with Crippen molar-refractivity contribution in [2.45, 2.75) is 39.3 Å². The van der Waals surface area contributed by atoms with Gasteiger partial charge in [-0.2, -0.15) is 0 Å². The van der Waals surface area contributed by atoms with Gasteiger partial charge in [0.25, 0.3) is 0 Å². The molecule has 6 nitrogen and oxygen atoms in total. The smallest absolute Gasteiger partial charge is 0.191 e. The van der Waals surface area contributed by atoms with E-state index in [9.17, 15) is 0 Å². The first-order valence-electron chi connectivity index (χ1n) is 8.82. The molecule has 1 atom stereocenters. The summed E-state index contributed by atoms with van der Waals surface area (Å²) in [6, 6.07) is 4.25. The zero-order chi connectivity index (χ0) is 17.6. The first kappa shape index (κ1) is 17.9. The molecule has 25 heavy (non-hydrogen) atoms. The molecule has 1 fully saturated rings. The van der Waals surface area contributed by atoms with Crippen LogP contribution in [0.1, 0.15) is 40.2 Å². The van der Waals surface area contributed by atoms with Crippen LogP contribution < -0.4 is 10.6 Å². The SMILES string of the molecule is CN=C(NCc1nc(C)c(C)s1)NCC(c1ccco1)N1CCCC1. The molecule has 0 saturated carbocycles. The van der Waals surface area contributed by atoms with Crippen molar-refractivity contribution in [3.63, 3.8) is 0 Å². The fourth-order valence-corrected chi connectivity index (χ4v) is 4.01. The maximum absolute atomic E-state index is 5.67. The average molecular weight is 362 g/mol. The van der Waals surface area contributed by atoms with Crippen molar-refractivity contribution in [3.05, 3.63) is 39.7 Å². The van der Waals surface area contributed by atoms with E-state index >= 15 is 0 Å². The van der Waals surface area contributed by atoms with E-state index in [1.807, 2.05) is 13.0 Å². The van der Waals surface area contributed by atoms with Gasteiger partial charge < -0.3 is 15.1 Å². The lowest BCUT2D eigenvalue weighted by atomic mass is 10.2. The summed E-state index contributed by atoms with van der Waals surface area (Å²) in [4.78, 5) is 12.6. The highest BCUT2D eigenvalue weighted by Crippen LogP contribution is 2.24. The molecule has 1 unspecified atom stereocenters. The number of hydrogen-bond donors (Lipinski definition) is 2. The molecule has 136 valence electrons. The van der Waals surface area contributed by atoms with Gasteiger partial charge in [0.2, 0.25) is 0 Å². The molecule has 1 saturated heterocycles. The Morgan fingerprint density at radius 1 is 1.36 bits per heavy atom. The van der Waals surface area contributed by atoms with Gasteiger partial charge in [0.05, 0.1) is 24.5 Å². The summed E-state index contributed by atoms with van der Waals surface area (Å²) >= 11 is 1.73. The summed E-state index contributed by atoms with van der Waals surface area (Å²) in [7, 11) is 1.80. The summed E-state index contributed by atoms with van der Waals surface area (Å²) < 4.78 is 5.67. The van der Waals surface area contributed by atoms with Gasteiger partial charge in [-0.15, -0.1) is 11.3 Å². The molecule has 0 amide bonds. The first-order chi connectivity index (χ1) is 12.2. The van der Waals surface area contributed by atoms with Crippen molar-refractivity contribution in [3.8, 4) is 0 Å². The Bertz CT molecular complexity index is 669. The largest absolute Gasteiger partial charge is 0.468 e. The second-order valence-corrected chi connectivity index (χ2v) is 7.62. The third-order valence-electron chi connectivity index (χ3n) is 4.62. The molecular weight excluding hydrogens is 334 g/mol. The molecule has 3 rings (SSSR count). The van der Waals surface area contributed by atoms with Crippen LogP contribution in [-0.2, 0) is 6.54 Å². The summed E-state index contributed by atoms with van der Waals surface area (Å²) in [5.74, 6) is 1.80. The Morgan fingerprint density at radius 3 is 2.76 bits per heavy atom. The first-order valence-corrected chi connectivity index (χ1v) is 9.64. The average Bonchev–Trinajstić information content (AvgIpc) is 3.35. The third-order valence-corrected chi connectivity index (χ3v) is 5.69. The van der Waals surface area contributed by atoms with Crippen molar-refractivity contribution in [1.29, 1.82) is 0 Å². The number of aliphatic imine (C=N–C) groups is 1. The highest BCUT2D eigenvalue weighted by atomic mass is 32.1. The van der Waals surface area contributed by atoms with E-state index in [0.717, 1.165) is 42.1 Å². The number of nitrogens with one attached hydrogen (secondary N) is 2. The lowest BCUT2D eigenvalue weighted by molar-refractivity contribution is 0.215. The number of nitrogens with zero attached hydrogens (tertiary/aromatic N) is 3. The maximum atomic E-state index is 5.67. The van der Waals surface area contributed by atoms with E-state index in [4.69, 9.17) is 4.42 Å². The number of likely N-dealkylation sites (tertiary alicyclic amines) is 1. The van der Waals surface area contributed by atoms with Crippen LogP contribution in [0.5, 0.6) is 0 Å². The predicted octanol–water partition coefficient (Wildman–Crippen LogP) is 2.86. The van der Waals surface area contributed by atoms with E-state index in [1.54, 1.807) is 24.6 Å². The van der Waals surface area contributed by atoms with Crippen molar-refractivity contribution in [1.82, 2.24) is 20.5 Å². The number of thiazole rings is 1. The molecule has 1 aliphatic heterocycles. The van der Waals surface area contributed by atoms with E-state index < -0.39 is 0 Å². The number of aromatic nitrogens is 1. The standard InChI is InChI=1S/C18H27N5OS/c1-13-14(2)25-17(22-13)12-21-18(19-3)20-11-15(16-7-6-10-24-16)23-8-4-5-9-23/h6-7,10,15H,4-5,8-9,11-12H2,1-3H3,(H2,19,20,21). The zero-order valence-corrected chi connectivity index (χ0v) is 16.0. The van der Waals surface area contributed by atoms with Crippen LogP contribution in [-0.4, -0.2) is 42.5 Å². The summed E-state index contributed by atoms with van der Waals surface area (Å²) in [5, 5.41) is 7.88. The van der Waals surface area contributed by atoms with E-state index in [-0.39, 0.29) is 6.04 Å². The molecule has 3 heterocycles. The van der Waals surface area contributed by atoms with Crippen LogP contribution in [0.4, 0.5) is 0 Å². The Kier molecular flexibility index (Phi) is 6.09.